The van der Waals surface area contributed by atoms with Crippen molar-refractivity contribution in [2.45, 2.75) is 0 Å². The van der Waals surface area contributed by atoms with E-state index in [-0.39, 0.29) is 22.6 Å². The summed E-state index contributed by atoms with van der Waals surface area (Å²) in [4.78, 5) is 23.4. The minimum atomic E-state index is -0.670. The van der Waals surface area contributed by atoms with Crippen LogP contribution in [0.3, 0.4) is 0 Å². The topological polar surface area (TPSA) is 117 Å². The van der Waals surface area contributed by atoms with Gasteiger partial charge in [-0.25, -0.2) is 0 Å². The molecule has 4 aromatic rings. The minimum absolute atomic E-state index is 0.0633. The number of amides is 1. The van der Waals surface area contributed by atoms with E-state index in [4.69, 9.17) is 23.2 Å². The van der Waals surface area contributed by atoms with Crippen molar-refractivity contribution in [1.82, 2.24) is 0 Å². The summed E-state index contributed by atoms with van der Waals surface area (Å²) < 4.78 is 0. The van der Waals surface area contributed by atoms with Crippen LogP contribution in [0.15, 0.2) is 83.0 Å². The van der Waals surface area contributed by atoms with Crippen LogP contribution in [0, 0.1) is 10.1 Å². The Balaban J connectivity index is 1.77. The number of nitro groups is 1. The first-order valence-electron chi connectivity index (χ1n) is 9.51. The number of anilines is 1. The number of nitrogens with zero attached hydrogens (tertiary/aromatic N) is 3. The fourth-order valence-corrected chi connectivity index (χ4v) is 3.48. The summed E-state index contributed by atoms with van der Waals surface area (Å²) in [5.74, 6) is -1.07. The van der Waals surface area contributed by atoms with Crippen molar-refractivity contribution in [3.05, 3.63) is 98.5 Å². The van der Waals surface area contributed by atoms with Crippen LogP contribution in [0.4, 0.5) is 22.7 Å². The second-order valence-electron chi connectivity index (χ2n) is 6.90. The summed E-state index contributed by atoms with van der Waals surface area (Å²) in [6, 6.07) is 18.7. The Morgan fingerprint density at radius 2 is 1.76 bits per heavy atom. The van der Waals surface area contributed by atoms with Gasteiger partial charge in [0.15, 0.2) is 5.75 Å². The maximum Gasteiger partial charge on any atom is 0.271 e. The van der Waals surface area contributed by atoms with Crippen LogP contribution in [-0.2, 0) is 0 Å². The van der Waals surface area contributed by atoms with Crippen LogP contribution < -0.4 is 5.32 Å². The molecule has 0 aromatic heterocycles. The minimum Gasteiger partial charge on any atom is -0.505 e. The lowest BCUT2D eigenvalue weighted by Gasteiger charge is -2.11. The molecule has 2 N–H and O–H groups in total. The van der Waals surface area contributed by atoms with E-state index >= 15 is 0 Å². The monoisotopic (exact) mass is 480 g/mol. The molecular formula is C23H14Cl2N4O4. The van der Waals surface area contributed by atoms with Gasteiger partial charge in [0.25, 0.3) is 11.6 Å². The molecule has 0 aliphatic heterocycles. The number of hydrogen-bond acceptors (Lipinski definition) is 6. The zero-order valence-corrected chi connectivity index (χ0v) is 18.2. The molecular weight excluding hydrogens is 467 g/mol. The first kappa shape index (κ1) is 22.2. The van der Waals surface area contributed by atoms with Crippen LogP contribution in [0.25, 0.3) is 10.8 Å². The van der Waals surface area contributed by atoms with Crippen molar-refractivity contribution in [3.63, 3.8) is 0 Å². The highest BCUT2D eigenvalue weighted by molar-refractivity contribution is 6.35. The lowest BCUT2D eigenvalue weighted by Crippen LogP contribution is -2.12. The Bertz CT molecular complexity index is 1440. The Kier molecular flexibility index (Phi) is 6.21. The molecule has 0 spiro atoms. The van der Waals surface area contributed by atoms with Gasteiger partial charge in [-0.05, 0) is 35.7 Å². The van der Waals surface area contributed by atoms with Gasteiger partial charge in [-0.15, -0.1) is 10.2 Å². The molecule has 0 unspecified atom stereocenters. The molecule has 0 atom stereocenters. The van der Waals surface area contributed by atoms with Gasteiger partial charge in [0.05, 0.1) is 15.5 Å². The third-order valence-electron chi connectivity index (χ3n) is 4.72. The number of carbonyl (C=O) groups is 1. The first-order chi connectivity index (χ1) is 15.8. The van der Waals surface area contributed by atoms with Gasteiger partial charge in [0, 0.05) is 28.2 Å². The zero-order valence-electron chi connectivity index (χ0n) is 16.7. The number of halogens is 2. The number of phenolic OH excluding ortho intramolecular Hbond substituents is 1. The Morgan fingerprint density at radius 3 is 2.55 bits per heavy atom. The average molecular weight is 481 g/mol. The number of non-ortho nitro benzene ring substituents is 1. The largest absolute Gasteiger partial charge is 0.505 e. The van der Waals surface area contributed by atoms with Gasteiger partial charge in [-0.1, -0.05) is 53.5 Å². The molecule has 33 heavy (non-hydrogen) atoms. The number of nitro benzene ring substituents is 1. The summed E-state index contributed by atoms with van der Waals surface area (Å²) in [6.07, 6.45) is 0. The second-order valence-corrected chi connectivity index (χ2v) is 7.74. The summed E-state index contributed by atoms with van der Waals surface area (Å²) >= 11 is 12.1. The maximum absolute atomic E-state index is 12.9. The van der Waals surface area contributed by atoms with Gasteiger partial charge in [-0.3, -0.25) is 14.9 Å². The molecule has 0 bridgehead atoms. The number of hydrogen-bond donors (Lipinski definition) is 2. The predicted octanol–water partition coefficient (Wildman–Crippen LogP) is 7.43. The van der Waals surface area contributed by atoms with Crippen molar-refractivity contribution in [2.24, 2.45) is 10.2 Å². The molecule has 0 saturated heterocycles. The number of fused-ring (bicyclic) bond motifs is 1. The second kappa shape index (κ2) is 9.23. The fourth-order valence-electron chi connectivity index (χ4n) is 3.15. The third-order valence-corrected chi connectivity index (χ3v) is 5.28. The highest BCUT2D eigenvalue weighted by Crippen LogP contribution is 2.40. The molecule has 4 aromatic carbocycles. The van der Waals surface area contributed by atoms with E-state index < -0.39 is 16.6 Å². The van der Waals surface area contributed by atoms with Gasteiger partial charge >= 0.3 is 0 Å². The number of nitrogens with one attached hydrogen (secondary N) is 1. The van der Waals surface area contributed by atoms with Crippen LogP contribution in [0.1, 0.15) is 10.4 Å². The number of rotatable bonds is 5. The third kappa shape index (κ3) is 4.77. The molecule has 0 saturated carbocycles. The predicted molar refractivity (Wildman–Crippen MR) is 127 cm³/mol. The zero-order chi connectivity index (χ0) is 23.5. The van der Waals surface area contributed by atoms with Gasteiger partial charge < -0.3 is 10.4 Å². The van der Waals surface area contributed by atoms with E-state index in [9.17, 15) is 20.0 Å². The van der Waals surface area contributed by atoms with Crippen LogP contribution in [0.5, 0.6) is 5.75 Å². The molecule has 1 amide bonds. The Morgan fingerprint density at radius 1 is 0.970 bits per heavy atom. The standard InChI is InChI=1S/C23H14Cl2N4O4/c24-14-8-9-19(25)20(11-14)27-28-21-17-7-2-1-4-13(17)10-18(22(21)30)23(31)26-15-5-3-6-16(12-15)29(32)33/h1-12,30H,(H,26,31). The van der Waals surface area contributed by atoms with E-state index in [1.54, 1.807) is 36.4 Å². The van der Waals surface area contributed by atoms with E-state index in [0.29, 0.717) is 26.5 Å². The number of benzene rings is 4. The van der Waals surface area contributed by atoms with Crippen molar-refractivity contribution < 1.29 is 14.8 Å². The normalized spacial score (nSPS) is 11.1. The molecule has 4 rings (SSSR count). The summed E-state index contributed by atoms with van der Waals surface area (Å²) in [7, 11) is 0. The van der Waals surface area contributed by atoms with Crippen LogP contribution in [0.2, 0.25) is 10.0 Å². The number of aromatic hydroxyl groups is 1. The molecule has 0 aliphatic carbocycles. The summed E-state index contributed by atoms with van der Waals surface area (Å²) in [5.41, 5.74) is 0.304. The van der Waals surface area contributed by atoms with Crippen molar-refractivity contribution in [1.29, 1.82) is 0 Å². The Labute approximate surface area is 197 Å². The van der Waals surface area contributed by atoms with E-state index in [0.717, 1.165) is 0 Å². The van der Waals surface area contributed by atoms with Crippen LogP contribution in [-0.4, -0.2) is 15.9 Å². The number of carbonyl (C=O) groups excluding carboxylic acids is 1. The van der Waals surface area contributed by atoms with Crippen molar-refractivity contribution >= 4 is 62.6 Å². The molecule has 0 fully saturated rings. The van der Waals surface area contributed by atoms with Gasteiger partial charge in [-0.2, -0.15) is 0 Å². The van der Waals surface area contributed by atoms with Crippen molar-refractivity contribution in [3.8, 4) is 5.75 Å². The molecule has 0 radical (unpaired) electrons. The molecule has 0 aliphatic rings. The lowest BCUT2D eigenvalue weighted by molar-refractivity contribution is -0.384. The average Bonchev–Trinajstić information content (AvgIpc) is 2.80. The van der Waals surface area contributed by atoms with Crippen LogP contribution >= 0.6 is 23.2 Å². The Hall–Kier alpha value is -4.01. The molecule has 8 nitrogen and oxygen atoms in total. The lowest BCUT2D eigenvalue weighted by atomic mass is 10.0. The highest BCUT2D eigenvalue weighted by Gasteiger charge is 2.19. The maximum atomic E-state index is 12.9. The van der Waals surface area contributed by atoms with Crippen molar-refractivity contribution in [2.75, 3.05) is 5.32 Å². The number of azo groups is 1. The molecule has 10 heteroatoms. The fraction of sp³-hybridized carbons (Fsp3) is 0. The van der Waals surface area contributed by atoms with Gasteiger partial charge in [0.2, 0.25) is 0 Å². The summed E-state index contributed by atoms with van der Waals surface area (Å²) in [6.45, 7) is 0. The van der Waals surface area contributed by atoms with Gasteiger partial charge in [0.1, 0.15) is 11.4 Å². The number of phenols is 1. The molecule has 0 heterocycles. The van der Waals surface area contributed by atoms with E-state index in [1.165, 1.54) is 36.4 Å². The van der Waals surface area contributed by atoms with E-state index in [1.807, 2.05) is 0 Å². The SMILES string of the molecule is O=C(Nc1cccc([N+](=O)[O-])c1)c1cc2ccccc2c(N=Nc2cc(Cl)ccc2Cl)c1O. The van der Waals surface area contributed by atoms with E-state index in [2.05, 4.69) is 15.5 Å². The smallest absolute Gasteiger partial charge is 0.271 e. The first-order valence-corrected chi connectivity index (χ1v) is 10.3. The highest BCUT2D eigenvalue weighted by atomic mass is 35.5. The molecule has 164 valence electrons. The summed E-state index contributed by atoms with van der Waals surface area (Å²) in [5, 5.41) is 34.6. The quantitative estimate of drug-likeness (QED) is 0.175.